The van der Waals surface area contributed by atoms with Gasteiger partial charge in [-0.15, -0.1) is 0 Å². The summed E-state index contributed by atoms with van der Waals surface area (Å²) in [6, 6.07) is 4.28. The number of aromatic hydroxyl groups is 2. The van der Waals surface area contributed by atoms with E-state index in [-0.39, 0.29) is 29.1 Å². The normalized spacial score (nSPS) is 15.9. The summed E-state index contributed by atoms with van der Waals surface area (Å²) >= 11 is 0. The molecule has 108 valence electrons. The van der Waals surface area contributed by atoms with Crippen molar-refractivity contribution >= 4 is 11.9 Å². The number of phenolic OH excluding ortho intramolecular Hbond substituents is 2. The molecule has 20 heavy (non-hydrogen) atoms. The summed E-state index contributed by atoms with van der Waals surface area (Å²) in [4.78, 5) is 25.2. The van der Waals surface area contributed by atoms with Gasteiger partial charge < -0.3 is 19.8 Å². The van der Waals surface area contributed by atoms with Gasteiger partial charge >= 0.3 is 5.97 Å². The lowest BCUT2D eigenvalue weighted by atomic mass is 9.96. The Morgan fingerprint density at radius 2 is 1.90 bits per heavy atom. The Morgan fingerprint density at radius 3 is 2.50 bits per heavy atom. The van der Waals surface area contributed by atoms with Crippen molar-refractivity contribution in [2.24, 2.45) is 5.92 Å². The van der Waals surface area contributed by atoms with Crippen LogP contribution in [0.4, 0.5) is 0 Å². The van der Waals surface area contributed by atoms with Crippen LogP contribution in [0.15, 0.2) is 18.2 Å². The summed E-state index contributed by atoms with van der Waals surface area (Å²) in [5, 5.41) is 19.1. The molecule has 6 nitrogen and oxygen atoms in total. The summed E-state index contributed by atoms with van der Waals surface area (Å²) in [5.74, 6) is -1.51. The van der Waals surface area contributed by atoms with Crippen LogP contribution in [0.2, 0.25) is 0 Å². The second-order valence-electron chi connectivity index (χ2n) is 4.76. The van der Waals surface area contributed by atoms with Crippen molar-refractivity contribution in [2.45, 2.75) is 12.8 Å². The predicted molar refractivity (Wildman–Crippen MR) is 70.4 cm³/mol. The van der Waals surface area contributed by atoms with Crippen LogP contribution in [0.5, 0.6) is 11.5 Å². The van der Waals surface area contributed by atoms with Gasteiger partial charge in [-0.05, 0) is 25.0 Å². The fraction of sp³-hybridized carbons (Fsp3) is 0.429. The van der Waals surface area contributed by atoms with Crippen LogP contribution in [0.3, 0.4) is 0 Å². The fourth-order valence-electron chi connectivity index (χ4n) is 2.36. The van der Waals surface area contributed by atoms with Crippen LogP contribution in [0.1, 0.15) is 23.2 Å². The Hall–Kier alpha value is -2.24. The maximum absolute atomic E-state index is 12.3. The summed E-state index contributed by atoms with van der Waals surface area (Å²) in [6.07, 6.45) is 1.08. The highest BCUT2D eigenvalue weighted by molar-refractivity contribution is 5.97. The first-order valence-electron chi connectivity index (χ1n) is 6.42. The molecule has 2 rings (SSSR count). The average Bonchev–Trinajstić information content (AvgIpc) is 2.48. The van der Waals surface area contributed by atoms with Gasteiger partial charge in [0.2, 0.25) is 0 Å². The van der Waals surface area contributed by atoms with E-state index >= 15 is 0 Å². The monoisotopic (exact) mass is 279 g/mol. The van der Waals surface area contributed by atoms with Crippen LogP contribution in [0, 0.1) is 5.92 Å². The number of piperidine rings is 1. The zero-order chi connectivity index (χ0) is 14.7. The zero-order valence-electron chi connectivity index (χ0n) is 11.2. The van der Waals surface area contributed by atoms with Crippen LogP contribution in [-0.2, 0) is 9.53 Å². The Morgan fingerprint density at radius 1 is 1.25 bits per heavy atom. The van der Waals surface area contributed by atoms with E-state index in [2.05, 4.69) is 4.74 Å². The highest BCUT2D eigenvalue weighted by Gasteiger charge is 2.29. The van der Waals surface area contributed by atoms with E-state index in [9.17, 15) is 19.8 Å². The number of carbonyl (C=O) groups is 2. The van der Waals surface area contributed by atoms with E-state index in [0.717, 1.165) is 0 Å². The van der Waals surface area contributed by atoms with Gasteiger partial charge in [0.05, 0.1) is 18.6 Å². The molecule has 0 aliphatic carbocycles. The number of hydrogen-bond acceptors (Lipinski definition) is 5. The van der Waals surface area contributed by atoms with Crippen molar-refractivity contribution in [3.8, 4) is 11.5 Å². The smallest absolute Gasteiger partial charge is 0.308 e. The van der Waals surface area contributed by atoms with E-state index in [0.29, 0.717) is 25.9 Å². The average molecular weight is 279 g/mol. The molecule has 0 unspecified atom stereocenters. The number of hydrogen-bond donors (Lipinski definition) is 2. The van der Waals surface area contributed by atoms with Crippen LogP contribution >= 0.6 is 0 Å². The molecular formula is C14H17NO5. The van der Waals surface area contributed by atoms with E-state index in [1.807, 2.05) is 0 Å². The van der Waals surface area contributed by atoms with Gasteiger partial charge in [-0.3, -0.25) is 9.59 Å². The molecule has 1 aliphatic heterocycles. The standard InChI is InChI=1S/C14H17NO5/c1-20-14(19)9-5-7-15(8-6-9)13(18)10-3-2-4-11(16)12(10)17/h2-4,9,16-17H,5-8H2,1H3. The number of benzene rings is 1. The van der Waals surface area contributed by atoms with Crippen LogP contribution in [-0.4, -0.2) is 47.2 Å². The molecule has 0 atom stereocenters. The van der Waals surface area contributed by atoms with Gasteiger partial charge in [0.15, 0.2) is 11.5 Å². The third-order valence-corrected chi connectivity index (χ3v) is 3.56. The number of phenols is 2. The van der Waals surface area contributed by atoms with Crippen LogP contribution < -0.4 is 0 Å². The van der Waals surface area contributed by atoms with Crippen molar-refractivity contribution in [1.29, 1.82) is 0 Å². The number of rotatable bonds is 2. The number of amides is 1. The SMILES string of the molecule is COC(=O)C1CCN(C(=O)c2cccc(O)c2O)CC1. The number of likely N-dealkylation sites (tertiary alicyclic amines) is 1. The molecule has 1 saturated heterocycles. The molecule has 1 aromatic carbocycles. The quantitative estimate of drug-likeness (QED) is 0.626. The number of nitrogens with zero attached hydrogens (tertiary/aromatic N) is 1. The lowest BCUT2D eigenvalue weighted by Gasteiger charge is -2.30. The number of ether oxygens (including phenoxy) is 1. The predicted octanol–water partition coefficient (Wildman–Crippen LogP) is 1.12. The summed E-state index contributed by atoms with van der Waals surface area (Å²) < 4.78 is 4.69. The minimum Gasteiger partial charge on any atom is -0.504 e. The molecule has 1 amide bonds. The van der Waals surface area contributed by atoms with E-state index in [4.69, 9.17) is 0 Å². The number of esters is 1. The number of methoxy groups -OCH3 is 1. The van der Waals surface area contributed by atoms with Crippen molar-refractivity contribution in [1.82, 2.24) is 4.90 Å². The Kier molecular flexibility index (Phi) is 4.12. The minimum atomic E-state index is -0.410. The molecule has 2 N–H and O–H groups in total. The molecule has 1 aromatic rings. The van der Waals surface area contributed by atoms with E-state index < -0.39 is 5.75 Å². The maximum atomic E-state index is 12.3. The second kappa shape index (κ2) is 5.81. The van der Waals surface area contributed by atoms with Crippen LogP contribution in [0.25, 0.3) is 0 Å². The van der Waals surface area contributed by atoms with Gasteiger partial charge in [0.25, 0.3) is 5.91 Å². The highest BCUT2D eigenvalue weighted by Crippen LogP contribution is 2.30. The number of carbonyl (C=O) groups excluding carboxylic acids is 2. The van der Waals surface area contributed by atoms with Crippen molar-refractivity contribution in [3.63, 3.8) is 0 Å². The highest BCUT2D eigenvalue weighted by atomic mass is 16.5. The van der Waals surface area contributed by atoms with Crippen molar-refractivity contribution < 1.29 is 24.5 Å². The second-order valence-corrected chi connectivity index (χ2v) is 4.76. The first kappa shape index (κ1) is 14.2. The third-order valence-electron chi connectivity index (χ3n) is 3.56. The molecular weight excluding hydrogens is 262 g/mol. The van der Waals surface area contributed by atoms with Gasteiger partial charge in [-0.1, -0.05) is 6.07 Å². The maximum Gasteiger partial charge on any atom is 0.308 e. The zero-order valence-corrected chi connectivity index (χ0v) is 11.2. The topological polar surface area (TPSA) is 87.1 Å². The molecule has 1 fully saturated rings. The van der Waals surface area contributed by atoms with Gasteiger partial charge in [0.1, 0.15) is 0 Å². The first-order chi connectivity index (χ1) is 9.54. The molecule has 0 bridgehead atoms. The molecule has 1 aliphatic rings. The Bertz CT molecular complexity index is 520. The fourth-order valence-corrected chi connectivity index (χ4v) is 2.36. The van der Waals surface area contributed by atoms with E-state index in [1.165, 1.54) is 25.3 Å². The molecule has 6 heteroatoms. The lowest BCUT2D eigenvalue weighted by Crippen LogP contribution is -2.40. The minimum absolute atomic E-state index is 0.0709. The molecule has 0 radical (unpaired) electrons. The van der Waals surface area contributed by atoms with Gasteiger partial charge in [-0.2, -0.15) is 0 Å². The van der Waals surface area contributed by atoms with Gasteiger partial charge in [0, 0.05) is 13.1 Å². The molecule has 0 aromatic heterocycles. The summed E-state index contributed by atoms with van der Waals surface area (Å²) in [6.45, 7) is 0.849. The Labute approximate surface area is 116 Å². The number of para-hydroxylation sites is 1. The van der Waals surface area contributed by atoms with Crippen molar-refractivity contribution in [2.75, 3.05) is 20.2 Å². The molecule has 0 saturated carbocycles. The molecule has 0 spiro atoms. The largest absolute Gasteiger partial charge is 0.504 e. The Balaban J connectivity index is 2.05. The first-order valence-corrected chi connectivity index (χ1v) is 6.42. The van der Waals surface area contributed by atoms with E-state index in [1.54, 1.807) is 4.90 Å². The summed E-state index contributed by atoms with van der Waals surface area (Å²) in [7, 11) is 1.35. The summed E-state index contributed by atoms with van der Waals surface area (Å²) in [5.41, 5.74) is 0.0709. The third kappa shape index (κ3) is 2.68. The lowest BCUT2D eigenvalue weighted by molar-refractivity contribution is -0.146. The van der Waals surface area contributed by atoms with Gasteiger partial charge in [-0.25, -0.2) is 0 Å². The van der Waals surface area contributed by atoms with Crippen molar-refractivity contribution in [3.05, 3.63) is 23.8 Å². The molecule has 1 heterocycles.